The van der Waals surface area contributed by atoms with Crippen molar-refractivity contribution in [1.29, 1.82) is 0 Å². The summed E-state index contributed by atoms with van der Waals surface area (Å²) in [5, 5.41) is 22.9. The van der Waals surface area contributed by atoms with Crippen molar-refractivity contribution in [1.82, 2.24) is 5.32 Å². The minimum absolute atomic E-state index is 0.106. The van der Waals surface area contributed by atoms with Crippen molar-refractivity contribution in [3.8, 4) is 0 Å². The van der Waals surface area contributed by atoms with E-state index in [1.165, 1.54) is 0 Å². The highest BCUT2D eigenvalue weighted by atomic mass is 16.3. The predicted octanol–water partition coefficient (Wildman–Crippen LogP) is 0.833. The fourth-order valence-electron chi connectivity index (χ4n) is 3.82. The molecule has 5 nitrogen and oxygen atoms in total. The van der Waals surface area contributed by atoms with Crippen molar-refractivity contribution in [2.24, 2.45) is 23.7 Å². The van der Waals surface area contributed by atoms with Crippen LogP contribution in [-0.4, -0.2) is 34.2 Å². The topological polar surface area (TPSA) is 86.6 Å². The molecule has 5 heteroatoms. The molecule has 2 aliphatic rings. The van der Waals surface area contributed by atoms with Crippen molar-refractivity contribution < 1.29 is 19.8 Å². The Bertz CT molecular complexity index is 368. The molecule has 2 amide bonds. The third kappa shape index (κ3) is 3.58. The van der Waals surface area contributed by atoms with Gasteiger partial charge in [0.05, 0.1) is 12.2 Å². The summed E-state index contributed by atoms with van der Waals surface area (Å²) in [6, 6.07) is 0. The van der Waals surface area contributed by atoms with Crippen LogP contribution in [0, 0.1) is 23.7 Å². The van der Waals surface area contributed by atoms with E-state index in [9.17, 15) is 19.8 Å². The standard InChI is InChI=1S/C15H25NO4/c1-8-3-9(2)15(20)11(4-8)12(17)5-10-6-13(18)16-14(19)7-10/h8-12,15,17,20H,3-7H2,1-2H3,(H,16,18,19)/t8-,9-,11-,12+,15?/m0/s1. The summed E-state index contributed by atoms with van der Waals surface area (Å²) in [4.78, 5) is 22.7. The lowest BCUT2D eigenvalue weighted by molar-refractivity contribution is -0.135. The van der Waals surface area contributed by atoms with Crippen molar-refractivity contribution in [2.75, 3.05) is 0 Å². The molecule has 5 atom stereocenters. The number of nitrogens with one attached hydrogen (secondary N) is 1. The van der Waals surface area contributed by atoms with Crippen LogP contribution in [0.4, 0.5) is 0 Å². The number of aliphatic hydroxyl groups excluding tert-OH is 2. The summed E-state index contributed by atoms with van der Waals surface area (Å²) in [6.07, 6.45) is 1.65. The van der Waals surface area contributed by atoms with Gasteiger partial charge in [-0.05, 0) is 37.0 Å². The molecule has 1 saturated carbocycles. The molecular weight excluding hydrogens is 258 g/mol. The van der Waals surface area contributed by atoms with Crippen molar-refractivity contribution in [3.63, 3.8) is 0 Å². The van der Waals surface area contributed by atoms with Gasteiger partial charge in [0.15, 0.2) is 0 Å². The molecular formula is C15H25NO4. The second-order valence-electron chi connectivity index (χ2n) is 6.76. The lowest BCUT2D eigenvalue weighted by Gasteiger charge is -2.40. The Morgan fingerprint density at radius 3 is 2.40 bits per heavy atom. The minimum atomic E-state index is -0.640. The molecule has 0 bridgehead atoms. The highest BCUT2D eigenvalue weighted by molar-refractivity contribution is 5.97. The van der Waals surface area contributed by atoms with Gasteiger partial charge >= 0.3 is 0 Å². The average molecular weight is 283 g/mol. The Balaban J connectivity index is 1.94. The van der Waals surface area contributed by atoms with E-state index in [1.54, 1.807) is 0 Å². The highest BCUT2D eigenvalue weighted by Crippen LogP contribution is 2.37. The first-order valence-electron chi connectivity index (χ1n) is 7.55. The summed E-state index contributed by atoms with van der Waals surface area (Å²) >= 11 is 0. The number of hydrogen-bond donors (Lipinski definition) is 3. The first kappa shape index (κ1) is 15.4. The van der Waals surface area contributed by atoms with Crippen LogP contribution >= 0.6 is 0 Å². The Morgan fingerprint density at radius 1 is 1.20 bits per heavy atom. The molecule has 0 radical (unpaired) electrons. The second-order valence-corrected chi connectivity index (χ2v) is 6.76. The average Bonchev–Trinajstić information content (AvgIpc) is 2.32. The van der Waals surface area contributed by atoms with Crippen LogP contribution in [0.5, 0.6) is 0 Å². The normalized spacial score (nSPS) is 37.6. The molecule has 114 valence electrons. The monoisotopic (exact) mass is 283 g/mol. The van der Waals surface area contributed by atoms with Gasteiger partial charge in [-0.1, -0.05) is 13.8 Å². The van der Waals surface area contributed by atoms with Crippen LogP contribution in [0.2, 0.25) is 0 Å². The van der Waals surface area contributed by atoms with Gasteiger partial charge in [0.2, 0.25) is 11.8 Å². The van der Waals surface area contributed by atoms with E-state index in [0.29, 0.717) is 12.3 Å². The number of hydrogen-bond acceptors (Lipinski definition) is 4. The molecule has 0 aromatic heterocycles. The van der Waals surface area contributed by atoms with Crippen LogP contribution in [0.25, 0.3) is 0 Å². The maximum Gasteiger partial charge on any atom is 0.226 e. The van der Waals surface area contributed by atoms with Crippen molar-refractivity contribution in [2.45, 2.75) is 58.2 Å². The molecule has 1 unspecified atom stereocenters. The molecule has 0 aromatic rings. The third-order valence-corrected chi connectivity index (χ3v) is 4.77. The molecule has 0 aromatic carbocycles. The zero-order chi connectivity index (χ0) is 14.9. The van der Waals surface area contributed by atoms with E-state index in [4.69, 9.17) is 0 Å². The van der Waals surface area contributed by atoms with Gasteiger partial charge in [0.25, 0.3) is 0 Å². The SMILES string of the molecule is C[C@@H]1C[C@@H]([C@H](O)CC2CC(=O)NC(=O)C2)C(O)[C@@H](C)C1. The van der Waals surface area contributed by atoms with E-state index in [2.05, 4.69) is 12.2 Å². The zero-order valence-electron chi connectivity index (χ0n) is 12.2. The summed E-state index contributed by atoms with van der Waals surface area (Å²) in [6.45, 7) is 4.15. The van der Waals surface area contributed by atoms with Gasteiger partial charge in [0.1, 0.15) is 0 Å². The fourth-order valence-corrected chi connectivity index (χ4v) is 3.82. The Kier molecular flexibility index (Phi) is 4.81. The number of carbonyl (C=O) groups excluding carboxylic acids is 2. The summed E-state index contributed by atoms with van der Waals surface area (Å²) in [7, 11) is 0. The largest absolute Gasteiger partial charge is 0.393 e. The van der Waals surface area contributed by atoms with Gasteiger partial charge in [-0.25, -0.2) is 0 Å². The first-order valence-corrected chi connectivity index (χ1v) is 7.55. The molecule has 3 N–H and O–H groups in total. The molecule has 2 rings (SSSR count). The molecule has 20 heavy (non-hydrogen) atoms. The lowest BCUT2D eigenvalue weighted by Crippen LogP contribution is -2.44. The molecule has 1 aliphatic carbocycles. The van der Waals surface area contributed by atoms with E-state index in [-0.39, 0.29) is 42.4 Å². The van der Waals surface area contributed by atoms with E-state index in [0.717, 1.165) is 12.8 Å². The highest BCUT2D eigenvalue weighted by Gasteiger charge is 2.38. The Hall–Kier alpha value is -0.940. The number of aliphatic hydroxyl groups is 2. The summed E-state index contributed by atoms with van der Waals surface area (Å²) < 4.78 is 0. The smallest absolute Gasteiger partial charge is 0.226 e. The number of carbonyl (C=O) groups is 2. The van der Waals surface area contributed by atoms with Gasteiger partial charge in [-0.15, -0.1) is 0 Å². The lowest BCUT2D eigenvalue weighted by atomic mass is 9.70. The van der Waals surface area contributed by atoms with Crippen molar-refractivity contribution >= 4 is 11.8 Å². The zero-order valence-corrected chi connectivity index (χ0v) is 12.2. The number of imide groups is 1. The number of piperidine rings is 1. The third-order valence-electron chi connectivity index (χ3n) is 4.77. The van der Waals surface area contributed by atoms with Crippen LogP contribution in [0.15, 0.2) is 0 Å². The Morgan fingerprint density at radius 2 is 1.80 bits per heavy atom. The molecule has 2 fully saturated rings. The van der Waals surface area contributed by atoms with Gasteiger partial charge in [0, 0.05) is 18.8 Å². The van der Waals surface area contributed by atoms with E-state index < -0.39 is 12.2 Å². The number of amides is 2. The van der Waals surface area contributed by atoms with Crippen LogP contribution in [0.3, 0.4) is 0 Å². The van der Waals surface area contributed by atoms with Gasteiger partial charge < -0.3 is 10.2 Å². The molecule has 0 spiro atoms. The molecule has 1 heterocycles. The Labute approximate surface area is 119 Å². The predicted molar refractivity (Wildman–Crippen MR) is 73.6 cm³/mol. The quantitative estimate of drug-likeness (QED) is 0.670. The van der Waals surface area contributed by atoms with Crippen LogP contribution in [0.1, 0.15) is 46.0 Å². The summed E-state index contributed by atoms with van der Waals surface area (Å²) in [5.74, 6) is -0.0902. The first-order chi connectivity index (χ1) is 9.36. The van der Waals surface area contributed by atoms with Gasteiger partial charge in [-0.3, -0.25) is 14.9 Å². The second kappa shape index (κ2) is 6.22. The van der Waals surface area contributed by atoms with Crippen molar-refractivity contribution in [3.05, 3.63) is 0 Å². The van der Waals surface area contributed by atoms with Crippen LogP contribution in [-0.2, 0) is 9.59 Å². The molecule has 1 aliphatic heterocycles. The minimum Gasteiger partial charge on any atom is -0.393 e. The maximum atomic E-state index is 11.3. The van der Waals surface area contributed by atoms with Gasteiger partial charge in [-0.2, -0.15) is 0 Å². The number of rotatable bonds is 3. The summed E-state index contributed by atoms with van der Waals surface area (Å²) in [5.41, 5.74) is 0. The molecule has 1 saturated heterocycles. The fraction of sp³-hybridized carbons (Fsp3) is 0.867. The maximum absolute atomic E-state index is 11.3. The van der Waals surface area contributed by atoms with Crippen LogP contribution < -0.4 is 5.32 Å². The van der Waals surface area contributed by atoms with E-state index >= 15 is 0 Å². The van der Waals surface area contributed by atoms with E-state index in [1.807, 2.05) is 6.92 Å².